The van der Waals surface area contributed by atoms with Crippen LogP contribution in [0, 0.1) is 17.0 Å². The molecule has 0 fully saturated rings. The molecule has 0 radical (unpaired) electrons. The average Bonchev–Trinajstić information content (AvgIpc) is 3.02. The maximum absolute atomic E-state index is 12.6. The summed E-state index contributed by atoms with van der Waals surface area (Å²) in [7, 11) is -4.07. The van der Waals surface area contributed by atoms with Crippen LogP contribution in [-0.2, 0) is 16.6 Å². The highest BCUT2D eigenvalue weighted by Gasteiger charge is 2.24. The number of aromatic nitrogens is 4. The van der Waals surface area contributed by atoms with Crippen LogP contribution >= 0.6 is 11.6 Å². The van der Waals surface area contributed by atoms with E-state index >= 15 is 0 Å². The molecule has 0 aliphatic carbocycles. The van der Waals surface area contributed by atoms with Crippen molar-refractivity contribution in [1.29, 1.82) is 0 Å². The van der Waals surface area contributed by atoms with Gasteiger partial charge in [-0.25, -0.2) is 17.8 Å². The van der Waals surface area contributed by atoms with E-state index in [-0.39, 0.29) is 33.4 Å². The van der Waals surface area contributed by atoms with Gasteiger partial charge in [0.15, 0.2) is 5.02 Å². The second-order valence-electron chi connectivity index (χ2n) is 4.54. The summed E-state index contributed by atoms with van der Waals surface area (Å²) >= 11 is 5.61. The van der Waals surface area contributed by atoms with E-state index in [9.17, 15) is 27.3 Å². The smallest absolute Gasteiger partial charge is 0.358 e. The van der Waals surface area contributed by atoms with Crippen LogP contribution in [0.15, 0.2) is 17.3 Å². The molecule has 10 nitrogen and oxygen atoms in total. The van der Waals surface area contributed by atoms with Gasteiger partial charge in [-0.15, -0.1) is 0 Å². The van der Waals surface area contributed by atoms with Crippen molar-refractivity contribution in [3.63, 3.8) is 0 Å². The van der Waals surface area contributed by atoms with E-state index in [2.05, 4.69) is 14.9 Å². The van der Waals surface area contributed by atoms with Gasteiger partial charge in [-0.2, -0.15) is 18.6 Å². The fraction of sp³-hybridized carbons (Fsp3) is 0.400. The van der Waals surface area contributed by atoms with Gasteiger partial charge in [-0.05, 0) is 11.8 Å². The number of nitrogens with one attached hydrogen (secondary N) is 1. The minimum absolute atomic E-state index is 0.0468. The standard InChI is InChI=1S/C10H11ClF2N6O4S/c1-6-8(4-14-18(6)10(12)13)24(22,23)15-2-3-17-5-7(11)9(16-17)19(20)21/h4-5,10,15H,2-3H2,1H3. The van der Waals surface area contributed by atoms with Crippen LogP contribution in [0.5, 0.6) is 0 Å². The van der Waals surface area contributed by atoms with Gasteiger partial charge in [-0.1, -0.05) is 11.6 Å². The molecule has 14 heteroatoms. The van der Waals surface area contributed by atoms with Gasteiger partial charge in [0.1, 0.15) is 4.90 Å². The van der Waals surface area contributed by atoms with Crippen molar-refractivity contribution in [2.45, 2.75) is 24.9 Å². The van der Waals surface area contributed by atoms with Crippen LogP contribution in [0.25, 0.3) is 0 Å². The Morgan fingerprint density at radius 2 is 2.17 bits per heavy atom. The SMILES string of the molecule is Cc1c(S(=O)(=O)NCCn2cc(Cl)c([N+](=O)[O-])n2)cnn1C(F)F. The Bertz CT molecular complexity index is 865. The van der Waals surface area contributed by atoms with Gasteiger partial charge in [-0.3, -0.25) is 0 Å². The van der Waals surface area contributed by atoms with Crippen LogP contribution < -0.4 is 4.72 Å². The van der Waals surface area contributed by atoms with Crippen molar-refractivity contribution in [2.24, 2.45) is 0 Å². The zero-order valence-corrected chi connectivity index (χ0v) is 13.6. The summed E-state index contributed by atoms with van der Waals surface area (Å²) < 4.78 is 53.0. The third-order valence-electron chi connectivity index (χ3n) is 2.98. The number of halogens is 3. The lowest BCUT2D eigenvalue weighted by molar-refractivity contribution is -0.389. The number of nitrogens with zero attached hydrogens (tertiary/aromatic N) is 5. The Hall–Kier alpha value is -2.12. The first-order valence-corrected chi connectivity index (χ1v) is 8.19. The Kier molecular flexibility index (Phi) is 5.15. The van der Waals surface area contributed by atoms with Crippen molar-refractivity contribution in [3.05, 3.63) is 33.2 Å². The first kappa shape index (κ1) is 18.2. The lowest BCUT2D eigenvalue weighted by atomic mass is 10.5. The summed E-state index contributed by atoms with van der Waals surface area (Å²) in [4.78, 5) is 9.46. The fourth-order valence-electron chi connectivity index (χ4n) is 1.87. The van der Waals surface area contributed by atoms with E-state index in [1.165, 1.54) is 13.1 Å². The molecule has 2 heterocycles. The van der Waals surface area contributed by atoms with E-state index in [0.717, 1.165) is 10.9 Å². The summed E-state index contributed by atoms with van der Waals surface area (Å²) in [5, 5.41) is 17.3. The summed E-state index contributed by atoms with van der Waals surface area (Å²) in [5.74, 6) is -0.548. The van der Waals surface area contributed by atoms with Crippen LogP contribution in [0.3, 0.4) is 0 Å². The minimum Gasteiger partial charge on any atom is -0.358 e. The molecule has 0 saturated heterocycles. The number of alkyl halides is 2. The predicted octanol–water partition coefficient (Wildman–Crippen LogP) is 1.32. The highest BCUT2D eigenvalue weighted by atomic mass is 35.5. The second kappa shape index (κ2) is 6.78. The Balaban J connectivity index is 2.06. The molecule has 0 unspecified atom stereocenters. The quantitative estimate of drug-likeness (QED) is 0.567. The largest absolute Gasteiger partial charge is 0.408 e. The van der Waals surface area contributed by atoms with Crippen LogP contribution in [0.1, 0.15) is 12.2 Å². The van der Waals surface area contributed by atoms with Crippen molar-refractivity contribution in [2.75, 3.05) is 6.54 Å². The lowest BCUT2D eigenvalue weighted by Gasteiger charge is -2.06. The summed E-state index contributed by atoms with van der Waals surface area (Å²) in [6.45, 7) is -1.99. The maximum atomic E-state index is 12.6. The van der Waals surface area contributed by atoms with E-state index in [0.29, 0.717) is 0 Å². The molecular weight excluding hydrogens is 374 g/mol. The van der Waals surface area contributed by atoms with Crippen molar-refractivity contribution < 1.29 is 22.1 Å². The van der Waals surface area contributed by atoms with Gasteiger partial charge < -0.3 is 10.1 Å². The second-order valence-corrected chi connectivity index (χ2v) is 6.68. The molecule has 0 atom stereocenters. The molecule has 0 aliphatic heterocycles. The van der Waals surface area contributed by atoms with Gasteiger partial charge in [0.2, 0.25) is 10.0 Å². The first-order chi connectivity index (χ1) is 11.1. The molecule has 0 bridgehead atoms. The van der Waals surface area contributed by atoms with Gasteiger partial charge in [0.05, 0.1) is 29.7 Å². The lowest BCUT2D eigenvalue weighted by Crippen LogP contribution is -2.28. The monoisotopic (exact) mass is 384 g/mol. The summed E-state index contributed by atoms with van der Waals surface area (Å²) in [6, 6.07) is 0. The van der Waals surface area contributed by atoms with Crippen molar-refractivity contribution in [1.82, 2.24) is 24.3 Å². The molecule has 0 amide bonds. The maximum Gasteiger partial charge on any atom is 0.408 e. The third-order valence-corrected chi connectivity index (χ3v) is 4.81. The van der Waals surface area contributed by atoms with Gasteiger partial charge >= 0.3 is 12.4 Å². The molecule has 2 aromatic rings. The molecule has 0 saturated carbocycles. The zero-order chi connectivity index (χ0) is 18.1. The van der Waals surface area contributed by atoms with Crippen LogP contribution in [-0.4, -0.2) is 39.4 Å². The number of rotatable bonds is 7. The van der Waals surface area contributed by atoms with Crippen molar-refractivity contribution in [3.8, 4) is 0 Å². The highest BCUT2D eigenvalue weighted by molar-refractivity contribution is 7.89. The molecule has 24 heavy (non-hydrogen) atoms. The number of sulfonamides is 1. The number of hydrogen-bond acceptors (Lipinski definition) is 6. The zero-order valence-electron chi connectivity index (χ0n) is 12.1. The number of nitro groups is 1. The fourth-order valence-corrected chi connectivity index (χ4v) is 3.27. The summed E-state index contributed by atoms with van der Waals surface area (Å²) in [5.41, 5.74) is -0.213. The topological polar surface area (TPSA) is 125 Å². The third kappa shape index (κ3) is 3.68. The number of hydrogen-bond donors (Lipinski definition) is 1. The molecule has 2 rings (SSSR count). The Morgan fingerprint density at radius 1 is 1.50 bits per heavy atom. The predicted molar refractivity (Wildman–Crippen MR) is 77.3 cm³/mol. The van der Waals surface area contributed by atoms with Crippen molar-refractivity contribution >= 4 is 27.4 Å². The molecule has 0 spiro atoms. The van der Waals surface area contributed by atoms with E-state index in [4.69, 9.17) is 11.6 Å². The molecule has 0 aromatic carbocycles. The van der Waals surface area contributed by atoms with E-state index < -0.39 is 27.3 Å². The molecule has 1 N–H and O–H groups in total. The van der Waals surface area contributed by atoms with Gasteiger partial charge in [0, 0.05) is 6.54 Å². The molecule has 132 valence electrons. The first-order valence-electron chi connectivity index (χ1n) is 6.32. The van der Waals surface area contributed by atoms with Crippen LogP contribution in [0.2, 0.25) is 5.02 Å². The van der Waals surface area contributed by atoms with E-state index in [1.807, 2.05) is 0 Å². The van der Waals surface area contributed by atoms with Gasteiger partial charge in [0.25, 0.3) is 0 Å². The van der Waals surface area contributed by atoms with Crippen LogP contribution in [0.4, 0.5) is 14.6 Å². The van der Waals surface area contributed by atoms with E-state index in [1.54, 1.807) is 0 Å². The average molecular weight is 385 g/mol. The molecule has 0 aliphatic rings. The molecular formula is C10H11ClF2N6O4S. The minimum atomic E-state index is -4.07. The molecule has 2 aromatic heterocycles. The summed E-state index contributed by atoms with van der Waals surface area (Å²) in [6.07, 6.45) is 1.99. The highest BCUT2D eigenvalue weighted by Crippen LogP contribution is 2.21. The Morgan fingerprint density at radius 3 is 2.67 bits per heavy atom. The Labute approximate surface area is 139 Å². The normalized spacial score (nSPS) is 12.0.